The van der Waals surface area contributed by atoms with Crippen LogP contribution in [0.25, 0.3) is 0 Å². The van der Waals surface area contributed by atoms with Gasteiger partial charge in [0.1, 0.15) is 5.76 Å². The van der Waals surface area contributed by atoms with Crippen molar-refractivity contribution in [3.8, 4) is 0 Å². The Kier molecular flexibility index (Phi) is 3.29. The number of aliphatic carboxylic acids is 1. The third-order valence-corrected chi connectivity index (χ3v) is 8.02. The van der Waals surface area contributed by atoms with Crippen molar-refractivity contribution >= 4 is 11.8 Å². The van der Waals surface area contributed by atoms with E-state index in [9.17, 15) is 19.8 Å². The predicted octanol–water partition coefficient (Wildman–Crippen LogP) is 3.88. The Morgan fingerprint density at radius 1 is 1.12 bits per heavy atom. The number of hydrogen-bond donors (Lipinski definition) is 2. The van der Waals surface area contributed by atoms with Crippen molar-refractivity contribution in [2.75, 3.05) is 0 Å². The first-order valence-electron chi connectivity index (χ1n) is 9.17. The number of carbonyl (C=O) groups is 2. The van der Waals surface area contributed by atoms with Crippen LogP contribution in [-0.4, -0.2) is 22.0 Å². The van der Waals surface area contributed by atoms with Gasteiger partial charge in [-0.3, -0.25) is 9.59 Å². The number of rotatable bonds is 1. The van der Waals surface area contributed by atoms with Gasteiger partial charge < -0.3 is 10.2 Å². The van der Waals surface area contributed by atoms with Gasteiger partial charge in [-0.1, -0.05) is 12.5 Å². The largest absolute Gasteiger partial charge is 0.511 e. The number of carboxylic acids is 1. The third kappa shape index (κ3) is 1.86. The fraction of sp³-hybridized carbons (Fsp3) is 0.700. The molecule has 0 saturated heterocycles. The fourth-order valence-electron chi connectivity index (χ4n) is 6.71. The van der Waals surface area contributed by atoms with Crippen LogP contribution < -0.4 is 0 Å². The maximum atomic E-state index is 11.8. The Morgan fingerprint density at radius 2 is 1.88 bits per heavy atom. The van der Waals surface area contributed by atoms with Gasteiger partial charge in [0.15, 0.2) is 5.78 Å². The van der Waals surface area contributed by atoms with E-state index in [4.69, 9.17) is 0 Å². The molecule has 0 aromatic carbocycles. The molecule has 130 valence electrons. The van der Waals surface area contributed by atoms with Crippen LogP contribution in [0, 0.1) is 34.5 Å². The zero-order valence-corrected chi connectivity index (χ0v) is 14.4. The van der Waals surface area contributed by atoms with Gasteiger partial charge in [0, 0.05) is 11.5 Å². The highest BCUT2D eigenvalue weighted by molar-refractivity contribution is 6.01. The number of carbonyl (C=O) groups excluding carboxylic acids is 1. The summed E-state index contributed by atoms with van der Waals surface area (Å²) < 4.78 is 0. The first-order chi connectivity index (χ1) is 11.3. The van der Waals surface area contributed by atoms with Crippen LogP contribution in [0.5, 0.6) is 0 Å². The smallest absolute Gasteiger partial charge is 0.307 e. The molecule has 0 aromatic heterocycles. The van der Waals surface area contributed by atoms with E-state index in [1.807, 2.05) is 0 Å². The number of ketones is 1. The minimum absolute atomic E-state index is 0.106. The lowest BCUT2D eigenvalue weighted by atomic mass is 9.47. The van der Waals surface area contributed by atoms with E-state index in [1.54, 1.807) is 6.08 Å². The second kappa shape index (κ2) is 4.96. The van der Waals surface area contributed by atoms with E-state index in [0.29, 0.717) is 17.8 Å². The van der Waals surface area contributed by atoms with Crippen molar-refractivity contribution < 1.29 is 19.8 Å². The Morgan fingerprint density at radius 3 is 2.58 bits per heavy atom. The summed E-state index contributed by atoms with van der Waals surface area (Å²) >= 11 is 0. The highest BCUT2D eigenvalue weighted by Gasteiger charge is 2.61. The van der Waals surface area contributed by atoms with Crippen LogP contribution in [0.3, 0.4) is 0 Å². The van der Waals surface area contributed by atoms with Gasteiger partial charge in [0.05, 0.1) is 5.92 Å². The highest BCUT2D eigenvalue weighted by atomic mass is 16.4. The van der Waals surface area contributed by atoms with Crippen LogP contribution in [0.4, 0.5) is 0 Å². The summed E-state index contributed by atoms with van der Waals surface area (Å²) in [5.41, 5.74) is 0.526. The SMILES string of the molecule is C[C@]12C(O)=CC(=O)C=C1CC[C@@H]1[C@@H]2CC[C@]2(C)C(C(=O)O)CC[C@@H]12. The van der Waals surface area contributed by atoms with Crippen LogP contribution in [0.15, 0.2) is 23.5 Å². The molecule has 0 amide bonds. The summed E-state index contributed by atoms with van der Waals surface area (Å²) in [5, 5.41) is 20.3. The van der Waals surface area contributed by atoms with Crippen molar-refractivity contribution in [3.63, 3.8) is 0 Å². The average Bonchev–Trinajstić information content (AvgIpc) is 2.86. The Labute approximate surface area is 142 Å². The summed E-state index contributed by atoms with van der Waals surface area (Å²) in [4.78, 5) is 23.5. The van der Waals surface area contributed by atoms with E-state index in [-0.39, 0.29) is 22.9 Å². The lowest BCUT2D eigenvalue weighted by Gasteiger charge is -2.57. The quantitative estimate of drug-likeness (QED) is 0.765. The molecule has 0 aromatic rings. The van der Waals surface area contributed by atoms with Gasteiger partial charge in [-0.15, -0.1) is 0 Å². The predicted molar refractivity (Wildman–Crippen MR) is 89.3 cm³/mol. The summed E-state index contributed by atoms with van der Waals surface area (Å²) in [7, 11) is 0. The van der Waals surface area contributed by atoms with Crippen molar-refractivity contribution in [1.82, 2.24) is 0 Å². The number of carboxylic acid groups (broad SMARTS) is 1. The molecular formula is C20H26O4. The van der Waals surface area contributed by atoms with Gasteiger partial charge in [0.25, 0.3) is 0 Å². The number of aliphatic hydroxyl groups is 1. The first-order valence-corrected chi connectivity index (χ1v) is 9.17. The molecular weight excluding hydrogens is 304 g/mol. The number of fused-ring (bicyclic) bond motifs is 5. The van der Waals surface area contributed by atoms with E-state index in [1.165, 1.54) is 6.08 Å². The second-order valence-electron chi connectivity index (χ2n) is 8.73. The zero-order chi connectivity index (χ0) is 17.3. The Bertz CT molecular complexity index is 675. The highest BCUT2D eigenvalue weighted by Crippen LogP contribution is 2.66. The average molecular weight is 330 g/mol. The van der Waals surface area contributed by atoms with Crippen LogP contribution in [0.2, 0.25) is 0 Å². The molecule has 0 spiro atoms. The minimum atomic E-state index is -0.646. The minimum Gasteiger partial charge on any atom is -0.511 e. The molecule has 24 heavy (non-hydrogen) atoms. The standard InChI is InChI=1S/C20H26O4/c1-19-8-7-15-13(14(19)5-6-16(19)18(23)24)4-3-11-9-12(21)10-17(22)20(11,15)2/h9-10,13-16,22H,3-8H2,1-2H3,(H,23,24)/t13-,14-,15-,16?,19-,20-/m0/s1. The monoisotopic (exact) mass is 330 g/mol. The van der Waals surface area contributed by atoms with E-state index in [2.05, 4.69) is 13.8 Å². The Hall–Kier alpha value is -1.58. The van der Waals surface area contributed by atoms with Crippen molar-refractivity contribution in [2.45, 2.75) is 52.4 Å². The van der Waals surface area contributed by atoms with Gasteiger partial charge in [0.2, 0.25) is 0 Å². The number of aliphatic hydroxyl groups excluding tert-OH is 1. The maximum absolute atomic E-state index is 11.8. The molecule has 4 nitrogen and oxygen atoms in total. The Balaban J connectivity index is 1.71. The summed E-state index contributed by atoms with van der Waals surface area (Å²) in [5.74, 6) is 0.409. The lowest BCUT2D eigenvalue weighted by molar-refractivity contribution is -0.149. The molecule has 0 bridgehead atoms. The van der Waals surface area contributed by atoms with Crippen LogP contribution >= 0.6 is 0 Å². The normalized spacial score (nSPS) is 47.2. The van der Waals surface area contributed by atoms with Gasteiger partial charge in [-0.05, 0) is 74.7 Å². The molecule has 0 aliphatic heterocycles. The lowest BCUT2D eigenvalue weighted by Crippen LogP contribution is -2.51. The van der Waals surface area contributed by atoms with E-state index < -0.39 is 11.4 Å². The fourth-order valence-corrected chi connectivity index (χ4v) is 6.71. The van der Waals surface area contributed by atoms with Gasteiger partial charge in [-0.2, -0.15) is 0 Å². The van der Waals surface area contributed by atoms with Crippen molar-refractivity contribution in [2.24, 2.45) is 34.5 Å². The van der Waals surface area contributed by atoms with Crippen molar-refractivity contribution in [3.05, 3.63) is 23.5 Å². The zero-order valence-electron chi connectivity index (χ0n) is 14.4. The number of hydrogen-bond acceptors (Lipinski definition) is 3. The molecule has 4 aliphatic rings. The van der Waals surface area contributed by atoms with E-state index >= 15 is 0 Å². The molecule has 0 radical (unpaired) electrons. The van der Waals surface area contributed by atoms with Gasteiger partial charge in [-0.25, -0.2) is 0 Å². The molecule has 6 atom stereocenters. The first kappa shape index (κ1) is 15.9. The molecule has 4 rings (SSSR count). The topological polar surface area (TPSA) is 74.6 Å². The van der Waals surface area contributed by atoms with Crippen molar-refractivity contribution in [1.29, 1.82) is 0 Å². The molecule has 3 fully saturated rings. The molecule has 4 heteroatoms. The molecule has 2 N–H and O–H groups in total. The third-order valence-electron chi connectivity index (χ3n) is 8.02. The number of allylic oxidation sites excluding steroid dienone is 3. The molecule has 4 aliphatic carbocycles. The van der Waals surface area contributed by atoms with Gasteiger partial charge >= 0.3 is 5.97 Å². The second-order valence-corrected chi connectivity index (χ2v) is 8.73. The summed E-state index contributed by atoms with van der Waals surface area (Å²) in [6, 6.07) is 0. The molecule has 3 saturated carbocycles. The van der Waals surface area contributed by atoms with Crippen LogP contribution in [-0.2, 0) is 9.59 Å². The molecule has 1 unspecified atom stereocenters. The van der Waals surface area contributed by atoms with Crippen LogP contribution in [0.1, 0.15) is 52.4 Å². The maximum Gasteiger partial charge on any atom is 0.307 e. The summed E-state index contributed by atoms with van der Waals surface area (Å²) in [6.07, 6.45) is 8.55. The molecule has 0 heterocycles. The van der Waals surface area contributed by atoms with E-state index in [0.717, 1.165) is 44.1 Å². The summed E-state index contributed by atoms with van der Waals surface area (Å²) in [6.45, 7) is 4.26.